The number of morpholine rings is 1. The second kappa shape index (κ2) is 6.74. The molecule has 3 heterocycles. The van der Waals surface area contributed by atoms with E-state index in [0.717, 1.165) is 32.8 Å². The van der Waals surface area contributed by atoms with Crippen LogP contribution in [0.3, 0.4) is 0 Å². The molecule has 2 saturated heterocycles. The molecule has 3 rings (SSSR count). The van der Waals surface area contributed by atoms with Gasteiger partial charge in [0.15, 0.2) is 0 Å². The van der Waals surface area contributed by atoms with Gasteiger partial charge in [-0.2, -0.15) is 0 Å². The molecule has 20 heavy (non-hydrogen) atoms. The van der Waals surface area contributed by atoms with E-state index in [0.29, 0.717) is 12.1 Å². The van der Waals surface area contributed by atoms with E-state index in [-0.39, 0.29) is 0 Å². The molecular formula is C16H27N3O. The zero-order valence-electron chi connectivity index (χ0n) is 12.6. The van der Waals surface area contributed by atoms with Gasteiger partial charge in [0.2, 0.25) is 0 Å². The standard InChI is InChI=1S/C16H27N3O/c1-2-6-18-8-5-14(11-18)9-17-10-16-12-19-7-3-4-15(19)13-20-16/h5,8,11,15-17H,2-4,6-7,9-10,12-13H2,1H3. The first-order valence-electron chi connectivity index (χ1n) is 8.06. The fraction of sp³-hybridized carbons (Fsp3) is 0.750. The molecule has 4 nitrogen and oxygen atoms in total. The minimum absolute atomic E-state index is 0.363. The third-order valence-corrected chi connectivity index (χ3v) is 4.46. The van der Waals surface area contributed by atoms with Crippen LogP contribution in [0.4, 0.5) is 0 Å². The molecule has 1 aromatic rings. The SMILES string of the molecule is CCCn1ccc(CNCC2CN3CCCC3CO2)c1. The van der Waals surface area contributed by atoms with Crippen LogP contribution in [-0.2, 0) is 17.8 Å². The Morgan fingerprint density at radius 2 is 2.40 bits per heavy atom. The van der Waals surface area contributed by atoms with E-state index in [4.69, 9.17) is 4.74 Å². The molecule has 0 spiro atoms. The van der Waals surface area contributed by atoms with Crippen LogP contribution >= 0.6 is 0 Å². The zero-order valence-corrected chi connectivity index (χ0v) is 12.6. The molecule has 2 atom stereocenters. The average molecular weight is 277 g/mol. The number of aryl methyl sites for hydroxylation is 1. The highest BCUT2D eigenvalue weighted by molar-refractivity contribution is 5.09. The maximum Gasteiger partial charge on any atom is 0.0827 e. The summed E-state index contributed by atoms with van der Waals surface area (Å²) in [5.41, 5.74) is 1.37. The third kappa shape index (κ3) is 3.43. The Morgan fingerprint density at radius 1 is 1.45 bits per heavy atom. The quantitative estimate of drug-likeness (QED) is 0.860. The number of hydrogen-bond donors (Lipinski definition) is 1. The Labute approximate surface area is 122 Å². The van der Waals surface area contributed by atoms with Crippen LogP contribution in [0, 0.1) is 0 Å². The number of ether oxygens (including phenoxy) is 1. The number of rotatable bonds is 6. The number of nitrogens with zero attached hydrogens (tertiary/aromatic N) is 2. The lowest BCUT2D eigenvalue weighted by atomic mass is 10.2. The molecule has 112 valence electrons. The van der Waals surface area contributed by atoms with Gasteiger partial charge in [-0.15, -0.1) is 0 Å². The number of fused-ring (bicyclic) bond motifs is 1. The van der Waals surface area contributed by atoms with Crippen molar-refractivity contribution >= 4 is 0 Å². The Hall–Kier alpha value is -0.840. The molecular weight excluding hydrogens is 250 g/mol. The maximum atomic E-state index is 5.96. The molecule has 2 aliphatic rings. The zero-order chi connectivity index (χ0) is 13.8. The lowest BCUT2D eigenvalue weighted by Gasteiger charge is -2.35. The molecule has 2 fully saturated rings. The molecule has 1 N–H and O–H groups in total. The van der Waals surface area contributed by atoms with Gasteiger partial charge in [-0.25, -0.2) is 0 Å². The van der Waals surface area contributed by atoms with Crippen LogP contribution in [0.1, 0.15) is 31.7 Å². The number of hydrogen-bond acceptors (Lipinski definition) is 3. The minimum atomic E-state index is 0.363. The molecule has 0 aromatic carbocycles. The van der Waals surface area contributed by atoms with E-state index in [1.54, 1.807) is 0 Å². The summed E-state index contributed by atoms with van der Waals surface area (Å²) < 4.78 is 8.23. The van der Waals surface area contributed by atoms with Gasteiger partial charge in [-0.3, -0.25) is 4.90 Å². The van der Waals surface area contributed by atoms with Crippen molar-refractivity contribution in [3.05, 3.63) is 24.0 Å². The first kappa shape index (κ1) is 14.1. The van der Waals surface area contributed by atoms with Crippen molar-refractivity contribution in [3.63, 3.8) is 0 Å². The first-order valence-corrected chi connectivity index (χ1v) is 8.06. The van der Waals surface area contributed by atoms with Gasteiger partial charge in [0, 0.05) is 44.6 Å². The molecule has 1 aromatic heterocycles. The van der Waals surface area contributed by atoms with E-state index < -0.39 is 0 Å². The highest BCUT2D eigenvalue weighted by Crippen LogP contribution is 2.22. The van der Waals surface area contributed by atoms with Crippen molar-refractivity contribution in [2.75, 3.05) is 26.2 Å². The molecule has 2 unspecified atom stereocenters. The molecule has 0 aliphatic carbocycles. The van der Waals surface area contributed by atoms with Crippen molar-refractivity contribution in [2.24, 2.45) is 0 Å². The van der Waals surface area contributed by atoms with Gasteiger partial charge < -0.3 is 14.6 Å². The van der Waals surface area contributed by atoms with Crippen molar-refractivity contribution in [3.8, 4) is 0 Å². The summed E-state index contributed by atoms with van der Waals surface area (Å²) in [6, 6.07) is 2.91. The van der Waals surface area contributed by atoms with Crippen LogP contribution in [0.25, 0.3) is 0 Å². The summed E-state index contributed by atoms with van der Waals surface area (Å²) >= 11 is 0. The largest absolute Gasteiger partial charge is 0.374 e. The van der Waals surface area contributed by atoms with Gasteiger partial charge in [0.05, 0.1) is 12.7 Å². The summed E-state index contributed by atoms with van der Waals surface area (Å²) in [4.78, 5) is 2.60. The Bertz CT molecular complexity index is 418. The Kier molecular flexibility index (Phi) is 4.76. The van der Waals surface area contributed by atoms with Crippen molar-refractivity contribution in [1.82, 2.24) is 14.8 Å². The van der Waals surface area contributed by atoms with E-state index in [1.165, 1.54) is 31.4 Å². The van der Waals surface area contributed by atoms with Crippen LogP contribution < -0.4 is 5.32 Å². The van der Waals surface area contributed by atoms with Crippen molar-refractivity contribution in [1.29, 1.82) is 0 Å². The monoisotopic (exact) mass is 277 g/mol. The van der Waals surface area contributed by atoms with Gasteiger partial charge >= 0.3 is 0 Å². The molecule has 2 aliphatic heterocycles. The molecule has 0 amide bonds. The highest BCUT2D eigenvalue weighted by Gasteiger charge is 2.31. The first-order chi connectivity index (χ1) is 9.85. The Balaban J connectivity index is 1.38. The fourth-order valence-corrected chi connectivity index (χ4v) is 3.38. The molecule has 0 bridgehead atoms. The summed E-state index contributed by atoms with van der Waals surface area (Å²) in [5, 5.41) is 3.54. The topological polar surface area (TPSA) is 29.4 Å². The predicted octanol–water partition coefficient (Wildman–Crippen LogP) is 1.85. The molecule has 0 radical (unpaired) electrons. The van der Waals surface area contributed by atoms with Crippen molar-refractivity contribution in [2.45, 2.75) is 51.4 Å². The van der Waals surface area contributed by atoms with Crippen molar-refractivity contribution < 1.29 is 4.74 Å². The fourth-order valence-electron chi connectivity index (χ4n) is 3.38. The molecule has 0 saturated carbocycles. The normalized spacial score (nSPS) is 26.9. The minimum Gasteiger partial charge on any atom is -0.374 e. The van der Waals surface area contributed by atoms with Crippen LogP contribution in [0.15, 0.2) is 18.5 Å². The maximum absolute atomic E-state index is 5.96. The summed E-state index contributed by atoms with van der Waals surface area (Å²) in [6.45, 7) is 8.53. The number of aromatic nitrogens is 1. The van der Waals surface area contributed by atoms with Gasteiger partial charge in [0.25, 0.3) is 0 Å². The lowest BCUT2D eigenvalue weighted by Crippen LogP contribution is -2.49. The predicted molar refractivity (Wildman–Crippen MR) is 80.8 cm³/mol. The van der Waals surface area contributed by atoms with Crippen LogP contribution in [0.2, 0.25) is 0 Å². The second-order valence-electron chi connectivity index (χ2n) is 6.13. The van der Waals surface area contributed by atoms with E-state index in [1.807, 2.05) is 0 Å². The van der Waals surface area contributed by atoms with Crippen LogP contribution in [-0.4, -0.2) is 47.9 Å². The van der Waals surface area contributed by atoms with E-state index in [9.17, 15) is 0 Å². The van der Waals surface area contributed by atoms with Gasteiger partial charge in [0.1, 0.15) is 0 Å². The number of nitrogens with one attached hydrogen (secondary N) is 1. The Morgan fingerprint density at radius 3 is 3.30 bits per heavy atom. The smallest absolute Gasteiger partial charge is 0.0827 e. The summed E-state index contributed by atoms with van der Waals surface area (Å²) in [6.07, 6.45) is 8.64. The average Bonchev–Trinajstić information content (AvgIpc) is 3.08. The van der Waals surface area contributed by atoms with Crippen LogP contribution in [0.5, 0.6) is 0 Å². The van der Waals surface area contributed by atoms with E-state index in [2.05, 4.69) is 40.2 Å². The summed E-state index contributed by atoms with van der Waals surface area (Å²) in [7, 11) is 0. The highest BCUT2D eigenvalue weighted by atomic mass is 16.5. The summed E-state index contributed by atoms with van der Waals surface area (Å²) in [5.74, 6) is 0. The van der Waals surface area contributed by atoms with Gasteiger partial charge in [-0.05, 0) is 37.4 Å². The van der Waals surface area contributed by atoms with E-state index >= 15 is 0 Å². The second-order valence-corrected chi connectivity index (χ2v) is 6.13. The third-order valence-electron chi connectivity index (χ3n) is 4.46. The van der Waals surface area contributed by atoms with Gasteiger partial charge in [-0.1, -0.05) is 6.92 Å². The lowest BCUT2D eigenvalue weighted by molar-refractivity contribution is -0.0470. The molecule has 4 heteroatoms.